The van der Waals surface area contributed by atoms with Gasteiger partial charge in [0.15, 0.2) is 5.69 Å². The van der Waals surface area contributed by atoms with Gasteiger partial charge in [0.25, 0.3) is 11.8 Å². The van der Waals surface area contributed by atoms with E-state index in [2.05, 4.69) is 40.8 Å². The number of methoxy groups -OCH3 is 1. The Labute approximate surface area is 237 Å². The van der Waals surface area contributed by atoms with Gasteiger partial charge in [0, 0.05) is 38.3 Å². The van der Waals surface area contributed by atoms with Crippen LogP contribution in [0.25, 0.3) is 11.3 Å². The average Bonchev–Trinajstić information content (AvgIpc) is 3.28. The van der Waals surface area contributed by atoms with E-state index in [1.165, 1.54) is 17.3 Å². The van der Waals surface area contributed by atoms with Gasteiger partial charge in [0.2, 0.25) is 0 Å². The molecule has 214 valence electrons. The van der Waals surface area contributed by atoms with Crippen molar-refractivity contribution in [1.82, 2.24) is 29.4 Å². The van der Waals surface area contributed by atoms with Crippen molar-refractivity contribution >= 4 is 11.6 Å². The molecule has 1 amide bonds. The Kier molecular flexibility index (Phi) is 7.53. The molecule has 5 rings (SSSR count). The van der Waals surface area contributed by atoms with Crippen LogP contribution >= 0.6 is 0 Å². The number of benzene rings is 2. The molecule has 2 N–H and O–H groups in total. The summed E-state index contributed by atoms with van der Waals surface area (Å²) < 4.78 is 10.2. The van der Waals surface area contributed by atoms with Crippen LogP contribution in [-0.2, 0) is 33.0 Å². The molecule has 1 aliphatic heterocycles. The molecule has 1 aliphatic rings. The molecule has 2 aromatic carbocycles. The molecule has 0 aliphatic carbocycles. The molecule has 0 bridgehead atoms. The van der Waals surface area contributed by atoms with E-state index in [9.17, 15) is 14.7 Å². The summed E-state index contributed by atoms with van der Waals surface area (Å²) in [6.07, 6.45) is 1.57. The van der Waals surface area contributed by atoms with Crippen LogP contribution in [0.5, 0.6) is 11.6 Å². The summed E-state index contributed by atoms with van der Waals surface area (Å²) in [5.74, 6) is -0.193. The molecule has 0 atom stereocenters. The van der Waals surface area contributed by atoms with Crippen molar-refractivity contribution in [3.63, 3.8) is 0 Å². The molecule has 2 aromatic heterocycles. The van der Waals surface area contributed by atoms with Crippen molar-refractivity contribution in [2.45, 2.75) is 53.6 Å². The molecular weight excluding hydrogens is 522 g/mol. The van der Waals surface area contributed by atoms with Gasteiger partial charge >= 0.3 is 5.69 Å². The zero-order valence-electron chi connectivity index (χ0n) is 24.3. The van der Waals surface area contributed by atoms with E-state index in [1.807, 2.05) is 32.9 Å². The van der Waals surface area contributed by atoms with Crippen LogP contribution in [0.15, 0.2) is 40.1 Å². The van der Waals surface area contributed by atoms with Crippen LogP contribution in [0.1, 0.15) is 45.2 Å². The van der Waals surface area contributed by atoms with Crippen molar-refractivity contribution in [1.29, 1.82) is 0 Å². The number of fused-ring (bicyclic) bond motifs is 3. The van der Waals surface area contributed by atoms with Gasteiger partial charge in [-0.15, -0.1) is 0 Å². The standard InChI is InChI=1S/C30H35N7O4/c1-7-20-14-21-8-10-36-23(22(21)15-24(20)41-6)16-25(32-26-18(3)12-17(2)13-19(26)4)37(30(36)40)11-9-31-28(38)27-29(39)33-34-35(27)5/h12-16,39H,7-11H2,1-6H3,(H,31,38). The van der Waals surface area contributed by atoms with Crippen LogP contribution in [0.4, 0.5) is 5.69 Å². The Morgan fingerprint density at radius 3 is 2.51 bits per heavy atom. The number of aromatic nitrogens is 5. The lowest BCUT2D eigenvalue weighted by atomic mass is 9.94. The van der Waals surface area contributed by atoms with E-state index in [1.54, 1.807) is 16.2 Å². The highest BCUT2D eigenvalue weighted by Gasteiger charge is 2.23. The third-order valence-corrected chi connectivity index (χ3v) is 7.57. The van der Waals surface area contributed by atoms with Crippen molar-refractivity contribution in [3.05, 3.63) is 79.8 Å². The summed E-state index contributed by atoms with van der Waals surface area (Å²) in [6.45, 7) is 8.99. The molecule has 0 saturated carbocycles. The number of hydrogen-bond acceptors (Lipinski definition) is 7. The van der Waals surface area contributed by atoms with Gasteiger partial charge in [-0.2, -0.15) is 0 Å². The maximum Gasteiger partial charge on any atom is 0.330 e. The number of amides is 1. The zero-order valence-corrected chi connectivity index (χ0v) is 24.3. The fourth-order valence-corrected chi connectivity index (χ4v) is 5.61. The lowest BCUT2D eigenvalue weighted by Gasteiger charge is -2.25. The van der Waals surface area contributed by atoms with E-state index in [4.69, 9.17) is 9.73 Å². The van der Waals surface area contributed by atoms with E-state index >= 15 is 0 Å². The van der Waals surface area contributed by atoms with Crippen LogP contribution in [-0.4, -0.2) is 48.8 Å². The first-order valence-corrected chi connectivity index (χ1v) is 13.7. The number of ether oxygens (including phenoxy) is 1. The molecule has 0 saturated heterocycles. The second-order valence-electron chi connectivity index (χ2n) is 10.4. The number of nitrogens with zero attached hydrogens (tertiary/aromatic N) is 6. The van der Waals surface area contributed by atoms with Crippen molar-refractivity contribution in [2.24, 2.45) is 12.0 Å². The van der Waals surface area contributed by atoms with Gasteiger partial charge < -0.3 is 15.2 Å². The number of nitrogens with one attached hydrogen (secondary N) is 1. The predicted octanol–water partition coefficient (Wildman–Crippen LogP) is 2.87. The maximum atomic E-state index is 14.0. The average molecular weight is 558 g/mol. The first-order chi connectivity index (χ1) is 19.6. The summed E-state index contributed by atoms with van der Waals surface area (Å²) in [4.78, 5) is 31.7. The largest absolute Gasteiger partial charge is 0.496 e. The number of carbonyl (C=O) groups is 1. The Morgan fingerprint density at radius 2 is 1.88 bits per heavy atom. The van der Waals surface area contributed by atoms with E-state index in [-0.39, 0.29) is 24.5 Å². The molecule has 0 fully saturated rings. The molecule has 0 spiro atoms. The normalized spacial score (nSPS) is 12.7. The molecule has 11 nitrogen and oxygen atoms in total. The number of hydrogen-bond donors (Lipinski definition) is 2. The zero-order chi connectivity index (χ0) is 29.4. The third-order valence-electron chi connectivity index (χ3n) is 7.57. The highest BCUT2D eigenvalue weighted by Crippen LogP contribution is 2.34. The SMILES string of the molecule is CCc1cc2c(cc1OC)-c1cc(=Nc3c(C)cc(C)cc3C)n(CCNC(=O)c3c(O)nnn3C)c(=O)n1CC2. The Bertz CT molecular complexity index is 1750. The van der Waals surface area contributed by atoms with Gasteiger partial charge in [-0.3, -0.25) is 13.9 Å². The first-order valence-electron chi connectivity index (χ1n) is 13.7. The smallest absolute Gasteiger partial charge is 0.330 e. The minimum absolute atomic E-state index is 0.0509. The highest BCUT2D eigenvalue weighted by atomic mass is 16.5. The van der Waals surface area contributed by atoms with Crippen molar-refractivity contribution in [3.8, 4) is 22.9 Å². The lowest BCUT2D eigenvalue weighted by Crippen LogP contribution is -2.44. The highest BCUT2D eigenvalue weighted by molar-refractivity contribution is 5.94. The number of rotatable bonds is 7. The van der Waals surface area contributed by atoms with E-state index < -0.39 is 11.8 Å². The Morgan fingerprint density at radius 1 is 1.15 bits per heavy atom. The monoisotopic (exact) mass is 557 g/mol. The topological polar surface area (TPSA) is 129 Å². The maximum absolute atomic E-state index is 14.0. The minimum Gasteiger partial charge on any atom is -0.496 e. The van der Waals surface area contributed by atoms with Gasteiger partial charge in [0.1, 0.15) is 11.2 Å². The number of aromatic hydroxyl groups is 1. The molecule has 41 heavy (non-hydrogen) atoms. The first kappa shape index (κ1) is 27.9. The van der Waals surface area contributed by atoms with Gasteiger partial charge in [-0.05, 0) is 61.9 Å². The van der Waals surface area contributed by atoms with Gasteiger partial charge in [0.05, 0.1) is 18.5 Å². The molecular formula is C30H35N7O4. The molecule has 0 radical (unpaired) electrons. The van der Waals surface area contributed by atoms with Crippen LogP contribution in [0.3, 0.4) is 0 Å². The summed E-state index contributed by atoms with van der Waals surface area (Å²) in [5.41, 5.74) is 8.22. The van der Waals surface area contributed by atoms with Gasteiger partial charge in [-0.25, -0.2) is 14.5 Å². The second kappa shape index (κ2) is 11.1. The summed E-state index contributed by atoms with van der Waals surface area (Å²) in [6, 6.07) is 10.3. The summed E-state index contributed by atoms with van der Waals surface area (Å²) in [5, 5.41) is 19.8. The summed E-state index contributed by atoms with van der Waals surface area (Å²) in [7, 11) is 3.18. The van der Waals surface area contributed by atoms with Crippen molar-refractivity contribution in [2.75, 3.05) is 13.7 Å². The third kappa shape index (κ3) is 5.15. The van der Waals surface area contributed by atoms with E-state index in [0.29, 0.717) is 12.0 Å². The minimum atomic E-state index is -0.537. The van der Waals surface area contributed by atoms with Crippen molar-refractivity contribution < 1.29 is 14.6 Å². The lowest BCUT2D eigenvalue weighted by molar-refractivity contribution is 0.0939. The number of aryl methyl sites for hydroxylation is 6. The molecule has 3 heterocycles. The molecule has 0 unspecified atom stereocenters. The molecule has 11 heteroatoms. The molecule has 4 aromatic rings. The quantitative estimate of drug-likeness (QED) is 0.360. The Balaban J connectivity index is 1.63. The fraction of sp³-hybridized carbons (Fsp3) is 0.367. The Hall–Kier alpha value is -4.67. The summed E-state index contributed by atoms with van der Waals surface area (Å²) >= 11 is 0. The second-order valence-corrected chi connectivity index (χ2v) is 10.4. The van der Waals surface area contributed by atoms with E-state index in [0.717, 1.165) is 57.8 Å². The fourth-order valence-electron chi connectivity index (χ4n) is 5.61. The van der Waals surface area contributed by atoms with Gasteiger partial charge in [-0.1, -0.05) is 41.0 Å². The predicted molar refractivity (Wildman–Crippen MR) is 155 cm³/mol. The van der Waals surface area contributed by atoms with Crippen LogP contribution < -0.4 is 21.2 Å². The van der Waals surface area contributed by atoms with Crippen LogP contribution in [0, 0.1) is 20.8 Å². The van der Waals surface area contributed by atoms with Crippen LogP contribution in [0.2, 0.25) is 0 Å². The number of carbonyl (C=O) groups excluding carboxylic acids is 1.